The van der Waals surface area contributed by atoms with Crippen LogP contribution in [0.4, 0.5) is 5.69 Å². The lowest BCUT2D eigenvalue weighted by Gasteiger charge is -2.38. The van der Waals surface area contributed by atoms with Gasteiger partial charge in [0.15, 0.2) is 5.75 Å². The topological polar surface area (TPSA) is 95.0 Å². The summed E-state index contributed by atoms with van der Waals surface area (Å²) in [6.07, 6.45) is 8.43. The number of pyridine rings is 1. The number of para-hydroxylation sites is 1. The first-order valence-corrected chi connectivity index (χ1v) is 13.5. The van der Waals surface area contributed by atoms with E-state index in [1.807, 2.05) is 32.2 Å². The van der Waals surface area contributed by atoms with E-state index in [1.165, 1.54) is 6.42 Å². The van der Waals surface area contributed by atoms with E-state index in [2.05, 4.69) is 22.1 Å². The van der Waals surface area contributed by atoms with Gasteiger partial charge in [0.05, 0.1) is 23.9 Å². The van der Waals surface area contributed by atoms with E-state index in [0.29, 0.717) is 30.1 Å². The highest BCUT2D eigenvalue weighted by atomic mass is 16.5. The van der Waals surface area contributed by atoms with Crippen molar-refractivity contribution in [1.82, 2.24) is 14.8 Å². The van der Waals surface area contributed by atoms with Gasteiger partial charge in [0, 0.05) is 43.9 Å². The van der Waals surface area contributed by atoms with Crippen LogP contribution in [0.15, 0.2) is 42.7 Å². The molecule has 0 saturated heterocycles. The molecule has 1 aromatic carbocycles. The number of aliphatic hydroxyl groups excluding tert-OH is 1. The minimum absolute atomic E-state index is 0.00640. The van der Waals surface area contributed by atoms with Crippen LogP contribution in [-0.2, 0) is 11.3 Å². The number of carbonyl (C=O) groups excluding carboxylic acids is 2. The Kier molecular flexibility index (Phi) is 9.16. The van der Waals surface area contributed by atoms with Crippen LogP contribution in [0.3, 0.4) is 0 Å². The summed E-state index contributed by atoms with van der Waals surface area (Å²) >= 11 is 0. The third-order valence-electron chi connectivity index (χ3n) is 7.62. The molecule has 4 rings (SSSR count). The number of benzene rings is 1. The lowest BCUT2D eigenvalue weighted by atomic mass is 9.88. The second kappa shape index (κ2) is 12.5. The van der Waals surface area contributed by atoms with Gasteiger partial charge < -0.3 is 20.1 Å². The smallest absolute Gasteiger partial charge is 0.258 e. The van der Waals surface area contributed by atoms with E-state index >= 15 is 0 Å². The summed E-state index contributed by atoms with van der Waals surface area (Å²) in [6, 6.07) is 9.01. The first kappa shape index (κ1) is 27.1. The molecule has 1 aliphatic carbocycles. The minimum Gasteiger partial charge on any atom is -0.486 e. The Morgan fingerprint density at radius 3 is 2.65 bits per heavy atom. The molecule has 0 bridgehead atoms. The fraction of sp³-hybridized carbons (Fsp3) is 0.552. The van der Waals surface area contributed by atoms with Crippen LogP contribution in [0.2, 0.25) is 0 Å². The number of amides is 2. The third kappa shape index (κ3) is 6.67. The first-order chi connectivity index (χ1) is 17.9. The van der Waals surface area contributed by atoms with Crippen molar-refractivity contribution in [3.05, 3.63) is 53.9 Å². The van der Waals surface area contributed by atoms with Crippen molar-refractivity contribution in [2.24, 2.45) is 11.8 Å². The van der Waals surface area contributed by atoms with Crippen molar-refractivity contribution >= 4 is 17.5 Å². The Morgan fingerprint density at radius 1 is 1.22 bits per heavy atom. The number of likely N-dealkylation sites (N-methyl/N-ethyl adjacent to an activating group) is 1. The summed E-state index contributed by atoms with van der Waals surface area (Å²) in [7, 11) is 2.05. The van der Waals surface area contributed by atoms with E-state index in [9.17, 15) is 14.7 Å². The number of fused-ring (bicyclic) bond motifs is 1. The van der Waals surface area contributed by atoms with Crippen LogP contribution in [-0.4, -0.2) is 70.6 Å². The highest BCUT2D eigenvalue weighted by Gasteiger charge is 2.35. The van der Waals surface area contributed by atoms with Gasteiger partial charge in [-0.2, -0.15) is 0 Å². The summed E-state index contributed by atoms with van der Waals surface area (Å²) in [5.41, 5.74) is 2.10. The van der Waals surface area contributed by atoms with Crippen LogP contribution >= 0.6 is 0 Å². The van der Waals surface area contributed by atoms with E-state index in [4.69, 9.17) is 4.74 Å². The van der Waals surface area contributed by atoms with Crippen LogP contribution in [0.1, 0.15) is 61.9 Å². The average molecular weight is 509 g/mol. The molecular weight excluding hydrogens is 468 g/mol. The Hall–Kier alpha value is -2.97. The second-order valence-electron chi connectivity index (χ2n) is 10.7. The number of hydrogen-bond acceptors (Lipinski definition) is 6. The van der Waals surface area contributed by atoms with Crippen molar-refractivity contribution < 1.29 is 19.4 Å². The van der Waals surface area contributed by atoms with Gasteiger partial charge >= 0.3 is 0 Å². The number of carbonyl (C=O) groups is 2. The molecule has 1 aromatic heterocycles. The van der Waals surface area contributed by atoms with Crippen molar-refractivity contribution in [2.75, 3.05) is 32.1 Å². The van der Waals surface area contributed by atoms with Crippen molar-refractivity contribution in [1.29, 1.82) is 0 Å². The Balaban J connectivity index is 1.63. The summed E-state index contributed by atoms with van der Waals surface area (Å²) in [4.78, 5) is 34.8. The van der Waals surface area contributed by atoms with Gasteiger partial charge in [-0.05, 0) is 56.6 Å². The molecule has 2 aromatic rings. The molecule has 1 aliphatic heterocycles. The summed E-state index contributed by atoms with van der Waals surface area (Å²) in [6.45, 7) is 5.63. The Labute approximate surface area is 220 Å². The Morgan fingerprint density at radius 2 is 1.95 bits per heavy atom. The molecule has 8 heteroatoms. The van der Waals surface area contributed by atoms with Crippen LogP contribution in [0.5, 0.6) is 5.75 Å². The number of aromatic nitrogens is 1. The normalized spacial score (nSPS) is 21.5. The molecular formula is C29H40N4O4. The highest BCUT2D eigenvalue weighted by Crippen LogP contribution is 2.36. The van der Waals surface area contributed by atoms with Gasteiger partial charge in [0.2, 0.25) is 5.91 Å². The molecule has 8 nitrogen and oxygen atoms in total. The van der Waals surface area contributed by atoms with Crippen molar-refractivity contribution in [3.8, 4) is 5.75 Å². The van der Waals surface area contributed by atoms with Gasteiger partial charge in [0.1, 0.15) is 6.10 Å². The molecule has 0 radical (unpaired) electrons. The molecule has 3 atom stereocenters. The quantitative estimate of drug-likeness (QED) is 0.561. The van der Waals surface area contributed by atoms with Gasteiger partial charge in [-0.1, -0.05) is 32.3 Å². The van der Waals surface area contributed by atoms with Gasteiger partial charge in [-0.25, -0.2) is 0 Å². The zero-order chi connectivity index (χ0) is 26.4. The number of nitrogens with zero attached hydrogens (tertiary/aromatic N) is 3. The van der Waals surface area contributed by atoms with E-state index < -0.39 is 0 Å². The zero-order valence-electron chi connectivity index (χ0n) is 22.2. The lowest BCUT2D eigenvalue weighted by molar-refractivity contribution is -0.120. The average Bonchev–Trinajstić information content (AvgIpc) is 2.91. The fourth-order valence-electron chi connectivity index (χ4n) is 5.33. The summed E-state index contributed by atoms with van der Waals surface area (Å²) in [5, 5.41) is 13.0. The minimum atomic E-state index is -0.336. The van der Waals surface area contributed by atoms with Crippen LogP contribution < -0.4 is 10.1 Å². The predicted octanol–water partition coefficient (Wildman–Crippen LogP) is 3.95. The van der Waals surface area contributed by atoms with E-state index in [-0.39, 0.29) is 42.4 Å². The SMILES string of the molecule is C[C@@H]1CN([C@@H](C)CO)C(=O)c2cccc(NC(=O)C3CCCCC3)c2O[C@H]1CN(C)Cc1ccncc1. The molecule has 1 saturated carbocycles. The third-order valence-corrected chi connectivity index (χ3v) is 7.62. The van der Waals surface area contributed by atoms with E-state index in [1.54, 1.807) is 29.4 Å². The van der Waals surface area contributed by atoms with E-state index in [0.717, 1.165) is 37.8 Å². The maximum absolute atomic E-state index is 13.7. The highest BCUT2D eigenvalue weighted by molar-refractivity contribution is 6.02. The standard InChI is InChI=1S/C29H40N4O4/c1-20-16-33(21(2)19-34)29(36)24-10-7-11-25(31-28(35)23-8-5-4-6-9-23)27(24)37-26(20)18-32(3)17-22-12-14-30-15-13-22/h7,10-15,20-21,23,26,34H,4-6,8-9,16-19H2,1-3H3,(H,31,35)/t20-,21+,26+/m1/s1. The van der Waals surface area contributed by atoms with Gasteiger partial charge in [-0.3, -0.25) is 19.5 Å². The molecule has 0 unspecified atom stereocenters. The predicted molar refractivity (Wildman–Crippen MR) is 143 cm³/mol. The zero-order valence-corrected chi connectivity index (χ0v) is 22.2. The lowest BCUT2D eigenvalue weighted by Crippen LogP contribution is -2.49. The monoisotopic (exact) mass is 508 g/mol. The number of hydrogen-bond donors (Lipinski definition) is 2. The van der Waals surface area contributed by atoms with Gasteiger partial charge in [-0.15, -0.1) is 0 Å². The molecule has 2 N–H and O–H groups in total. The summed E-state index contributed by atoms with van der Waals surface area (Å²) in [5.74, 6) is 0.196. The summed E-state index contributed by atoms with van der Waals surface area (Å²) < 4.78 is 6.63. The number of ether oxygens (including phenoxy) is 1. The number of rotatable bonds is 8. The van der Waals surface area contributed by atoms with Gasteiger partial charge in [0.25, 0.3) is 5.91 Å². The molecule has 0 spiro atoms. The maximum Gasteiger partial charge on any atom is 0.258 e. The number of aliphatic hydroxyl groups is 1. The number of anilines is 1. The molecule has 1 fully saturated rings. The van der Waals surface area contributed by atoms with Crippen LogP contribution in [0, 0.1) is 11.8 Å². The van der Waals surface area contributed by atoms with Crippen molar-refractivity contribution in [2.45, 2.75) is 64.6 Å². The maximum atomic E-state index is 13.7. The Bertz CT molecular complexity index is 1060. The number of nitrogens with one attached hydrogen (secondary N) is 1. The largest absolute Gasteiger partial charge is 0.486 e. The molecule has 2 heterocycles. The first-order valence-electron chi connectivity index (χ1n) is 13.5. The molecule has 200 valence electrons. The fourth-order valence-corrected chi connectivity index (χ4v) is 5.33. The molecule has 37 heavy (non-hydrogen) atoms. The van der Waals surface area contributed by atoms with Crippen LogP contribution in [0.25, 0.3) is 0 Å². The van der Waals surface area contributed by atoms with Crippen molar-refractivity contribution in [3.63, 3.8) is 0 Å². The molecule has 2 aliphatic rings. The molecule has 2 amide bonds. The second-order valence-corrected chi connectivity index (χ2v) is 10.7.